The van der Waals surface area contributed by atoms with E-state index in [4.69, 9.17) is 11.2 Å². The number of terminal acetylenes is 1. The van der Waals surface area contributed by atoms with Gasteiger partial charge >= 0.3 is 6.09 Å². The molecule has 2 aromatic carbocycles. The molecule has 2 N–H and O–H groups in total. The largest absolute Gasteiger partial charge is 0.444 e. The maximum atomic E-state index is 14.6. The Hall–Kier alpha value is -3.79. The summed E-state index contributed by atoms with van der Waals surface area (Å²) in [6.07, 6.45) is 10.2. The average molecular weight is 560 g/mol. The highest BCUT2D eigenvalue weighted by atomic mass is 16.6. The van der Waals surface area contributed by atoms with E-state index in [1.165, 1.54) is 0 Å². The fourth-order valence-corrected chi connectivity index (χ4v) is 5.22. The van der Waals surface area contributed by atoms with Crippen molar-refractivity contribution in [1.82, 2.24) is 15.5 Å². The van der Waals surface area contributed by atoms with E-state index in [-0.39, 0.29) is 24.3 Å². The van der Waals surface area contributed by atoms with Crippen LogP contribution in [0.15, 0.2) is 54.6 Å². The van der Waals surface area contributed by atoms with Crippen LogP contribution >= 0.6 is 0 Å². The van der Waals surface area contributed by atoms with Crippen molar-refractivity contribution in [2.75, 3.05) is 0 Å². The van der Waals surface area contributed by atoms with Gasteiger partial charge in [-0.1, -0.05) is 67.6 Å². The van der Waals surface area contributed by atoms with Gasteiger partial charge in [0.25, 0.3) is 0 Å². The predicted molar refractivity (Wildman–Crippen MR) is 162 cm³/mol. The molecule has 0 aliphatic heterocycles. The molecule has 1 aliphatic carbocycles. The van der Waals surface area contributed by atoms with Gasteiger partial charge in [0.1, 0.15) is 17.7 Å². The summed E-state index contributed by atoms with van der Waals surface area (Å²) in [6.45, 7) is 11.0. The van der Waals surface area contributed by atoms with Crippen LogP contribution in [0.5, 0.6) is 0 Å². The summed E-state index contributed by atoms with van der Waals surface area (Å²) in [6, 6.07) is 14.8. The molecular formula is C34H45N3O4. The van der Waals surface area contributed by atoms with E-state index in [0.717, 1.165) is 37.7 Å². The van der Waals surface area contributed by atoms with Crippen molar-refractivity contribution < 1.29 is 19.1 Å². The molecule has 41 heavy (non-hydrogen) atoms. The molecule has 7 heteroatoms. The van der Waals surface area contributed by atoms with Gasteiger partial charge in [-0.2, -0.15) is 0 Å². The summed E-state index contributed by atoms with van der Waals surface area (Å²) >= 11 is 0. The van der Waals surface area contributed by atoms with E-state index >= 15 is 0 Å². The first-order valence-corrected chi connectivity index (χ1v) is 14.5. The highest BCUT2D eigenvalue weighted by molar-refractivity contribution is 5.93. The summed E-state index contributed by atoms with van der Waals surface area (Å²) in [5, 5.41) is 6.04. The first-order chi connectivity index (χ1) is 19.3. The van der Waals surface area contributed by atoms with Crippen molar-refractivity contribution >= 4 is 17.9 Å². The lowest BCUT2D eigenvalue weighted by molar-refractivity contribution is -0.148. The zero-order valence-electron chi connectivity index (χ0n) is 25.3. The van der Waals surface area contributed by atoms with Crippen molar-refractivity contribution in [2.45, 2.75) is 109 Å². The van der Waals surface area contributed by atoms with Crippen LogP contribution in [0.1, 0.15) is 96.4 Å². The predicted octanol–water partition coefficient (Wildman–Crippen LogP) is 5.92. The number of hydrogen-bond donors (Lipinski definition) is 2. The lowest BCUT2D eigenvalue weighted by atomic mass is 9.92. The third-order valence-corrected chi connectivity index (χ3v) is 7.08. The van der Waals surface area contributed by atoms with Gasteiger partial charge in [-0.25, -0.2) is 4.79 Å². The van der Waals surface area contributed by atoms with Gasteiger partial charge in [0.15, 0.2) is 0 Å². The monoisotopic (exact) mass is 559 g/mol. The summed E-state index contributed by atoms with van der Waals surface area (Å²) in [4.78, 5) is 43.2. The Labute approximate surface area is 245 Å². The van der Waals surface area contributed by atoms with Gasteiger partial charge in [0.05, 0.1) is 0 Å². The third-order valence-electron chi connectivity index (χ3n) is 7.08. The highest BCUT2D eigenvalue weighted by Crippen LogP contribution is 2.31. The molecule has 2 unspecified atom stereocenters. The van der Waals surface area contributed by atoms with Gasteiger partial charge in [-0.15, -0.1) is 6.42 Å². The molecule has 7 nitrogen and oxygen atoms in total. The van der Waals surface area contributed by atoms with E-state index in [2.05, 4.69) is 16.6 Å². The van der Waals surface area contributed by atoms with Crippen molar-refractivity contribution in [3.63, 3.8) is 0 Å². The highest BCUT2D eigenvalue weighted by Gasteiger charge is 2.42. The minimum Gasteiger partial charge on any atom is -0.444 e. The summed E-state index contributed by atoms with van der Waals surface area (Å²) in [5.74, 6) is 1.99. The molecule has 0 aromatic heterocycles. The number of alkyl carbamates (subject to hydrolysis) is 1. The van der Waals surface area contributed by atoms with Crippen molar-refractivity contribution in [3.8, 4) is 12.3 Å². The number of carbonyl (C=O) groups is 3. The Bertz CT molecular complexity index is 1210. The van der Waals surface area contributed by atoms with Crippen LogP contribution in [0, 0.1) is 12.3 Å². The second-order valence-electron chi connectivity index (χ2n) is 12.8. The molecule has 1 fully saturated rings. The number of amides is 3. The molecule has 0 spiro atoms. The van der Waals surface area contributed by atoms with E-state index in [1.807, 2.05) is 51.1 Å². The van der Waals surface area contributed by atoms with Crippen LogP contribution < -0.4 is 10.6 Å². The van der Waals surface area contributed by atoms with Gasteiger partial charge < -0.3 is 20.3 Å². The first kappa shape index (κ1) is 31.7. The summed E-state index contributed by atoms with van der Waals surface area (Å²) < 4.78 is 5.52. The summed E-state index contributed by atoms with van der Waals surface area (Å²) in [5.41, 5.74) is 0.687. The molecular weight excluding hydrogens is 514 g/mol. The Morgan fingerprint density at radius 3 is 2.10 bits per heavy atom. The standard InChI is InChI=1S/C34H45N3O4/c1-8-24-19-21-26(22-20-24)29(30(38)35-27-17-13-10-14-18-27)37(33(2,3)4)31(39)28(23-25-15-11-9-12-16-25)36-32(40)41-34(5,6)7/h1,9,11-12,15-16,19-22,27-29H,10,13-14,17-18,23H2,2-7H3,(H,35,38)(H,36,40). The Morgan fingerprint density at radius 1 is 0.951 bits per heavy atom. The van der Waals surface area contributed by atoms with Gasteiger partial charge in [-0.05, 0) is 77.6 Å². The van der Waals surface area contributed by atoms with E-state index in [9.17, 15) is 14.4 Å². The van der Waals surface area contributed by atoms with Gasteiger partial charge in [0.2, 0.25) is 11.8 Å². The van der Waals surface area contributed by atoms with Crippen LogP contribution in [0.25, 0.3) is 0 Å². The molecule has 0 radical (unpaired) electrons. The number of ether oxygens (including phenoxy) is 1. The van der Waals surface area contributed by atoms with Crippen molar-refractivity contribution in [1.29, 1.82) is 0 Å². The normalized spacial score (nSPS) is 15.6. The average Bonchev–Trinajstić information content (AvgIpc) is 2.90. The zero-order valence-corrected chi connectivity index (χ0v) is 25.3. The van der Waals surface area contributed by atoms with Crippen LogP contribution in [-0.2, 0) is 20.7 Å². The quantitative estimate of drug-likeness (QED) is 0.393. The maximum Gasteiger partial charge on any atom is 0.408 e. The van der Waals surface area contributed by atoms with Gasteiger partial charge in [-0.3, -0.25) is 9.59 Å². The second-order valence-corrected chi connectivity index (χ2v) is 12.8. The fraction of sp³-hybridized carbons (Fsp3) is 0.500. The maximum absolute atomic E-state index is 14.6. The van der Waals surface area contributed by atoms with Gasteiger partial charge in [0, 0.05) is 23.6 Å². The van der Waals surface area contributed by atoms with Crippen LogP contribution in [0.3, 0.4) is 0 Å². The number of benzene rings is 2. The molecule has 2 atom stereocenters. The molecule has 1 aliphatic rings. The molecule has 0 heterocycles. The molecule has 0 bridgehead atoms. The second kappa shape index (κ2) is 13.7. The molecule has 220 valence electrons. The minimum atomic E-state index is -0.971. The molecule has 3 amide bonds. The topological polar surface area (TPSA) is 87.7 Å². The summed E-state index contributed by atoms with van der Waals surface area (Å²) in [7, 11) is 0. The van der Waals surface area contributed by atoms with Crippen molar-refractivity contribution in [3.05, 3.63) is 71.3 Å². The SMILES string of the molecule is C#Cc1ccc(C(C(=O)NC2CCCCC2)N(C(=O)C(Cc2ccccc2)NC(=O)OC(C)(C)C)C(C)(C)C)cc1. The molecule has 1 saturated carbocycles. The number of nitrogens with zero attached hydrogens (tertiary/aromatic N) is 1. The van der Waals surface area contributed by atoms with Crippen LogP contribution in [0.4, 0.5) is 4.79 Å². The van der Waals surface area contributed by atoms with Crippen LogP contribution in [-0.4, -0.2) is 46.0 Å². The number of rotatable bonds is 8. The molecule has 2 aromatic rings. The van der Waals surface area contributed by atoms with E-state index < -0.39 is 29.3 Å². The number of carbonyl (C=O) groups excluding carboxylic acids is 3. The third kappa shape index (κ3) is 9.38. The lowest BCUT2D eigenvalue weighted by Crippen LogP contribution is -2.59. The van der Waals surface area contributed by atoms with E-state index in [0.29, 0.717) is 11.1 Å². The number of hydrogen-bond acceptors (Lipinski definition) is 4. The van der Waals surface area contributed by atoms with E-state index in [1.54, 1.807) is 49.9 Å². The first-order valence-electron chi connectivity index (χ1n) is 14.5. The van der Waals surface area contributed by atoms with Crippen molar-refractivity contribution in [2.24, 2.45) is 0 Å². The minimum absolute atomic E-state index is 0.0562. The zero-order chi connectivity index (χ0) is 30.2. The molecule has 3 rings (SSSR count). The fourth-order valence-electron chi connectivity index (χ4n) is 5.22. The Morgan fingerprint density at radius 2 is 1.56 bits per heavy atom. The Balaban J connectivity index is 2.05. The molecule has 0 saturated heterocycles. The Kier molecular flexibility index (Phi) is 10.6. The van der Waals surface area contributed by atoms with Crippen LogP contribution in [0.2, 0.25) is 0 Å². The number of nitrogens with one attached hydrogen (secondary N) is 2. The smallest absolute Gasteiger partial charge is 0.408 e. The lowest BCUT2D eigenvalue weighted by Gasteiger charge is -2.43.